The average Bonchev–Trinajstić information content (AvgIpc) is 2.36. The van der Waals surface area contributed by atoms with Crippen LogP contribution in [0.25, 0.3) is 0 Å². The summed E-state index contributed by atoms with van der Waals surface area (Å²) in [6.45, 7) is 4.72. The molecule has 0 saturated carbocycles. The van der Waals surface area contributed by atoms with Crippen molar-refractivity contribution in [2.24, 2.45) is 0 Å². The normalized spacial score (nSPS) is 9.90. The third kappa shape index (κ3) is 6.95. The molecule has 0 saturated heterocycles. The zero-order valence-electron chi connectivity index (χ0n) is 12.2. The summed E-state index contributed by atoms with van der Waals surface area (Å²) in [4.78, 5) is 33.6. The molecule has 7 heteroatoms. The van der Waals surface area contributed by atoms with Crippen LogP contribution in [0.15, 0.2) is 24.3 Å². The van der Waals surface area contributed by atoms with Crippen LogP contribution in [0, 0.1) is 0 Å². The number of ether oxygens (including phenoxy) is 1. The van der Waals surface area contributed by atoms with Gasteiger partial charge >= 0.3 is 6.03 Å². The summed E-state index contributed by atoms with van der Waals surface area (Å²) in [5.41, 5.74) is 0.635. The molecule has 0 unspecified atom stereocenters. The van der Waals surface area contributed by atoms with Gasteiger partial charge in [0.15, 0.2) is 6.61 Å². The highest BCUT2D eigenvalue weighted by Crippen LogP contribution is 2.15. The number of nitrogens with one attached hydrogen (secondary N) is 3. The van der Waals surface area contributed by atoms with E-state index in [9.17, 15) is 14.4 Å². The Hall–Kier alpha value is -2.57. The molecule has 21 heavy (non-hydrogen) atoms. The van der Waals surface area contributed by atoms with Gasteiger partial charge in [-0.2, -0.15) is 0 Å². The van der Waals surface area contributed by atoms with Crippen molar-refractivity contribution in [2.45, 2.75) is 26.8 Å². The lowest BCUT2D eigenvalue weighted by Crippen LogP contribution is -2.44. The van der Waals surface area contributed by atoms with Crippen LogP contribution in [-0.2, 0) is 9.59 Å². The number of hydrogen-bond acceptors (Lipinski definition) is 4. The Morgan fingerprint density at radius 2 is 1.76 bits per heavy atom. The summed E-state index contributed by atoms with van der Waals surface area (Å²) >= 11 is 0. The molecule has 0 bridgehead atoms. The maximum Gasteiger partial charge on any atom is 0.321 e. The van der Waals surface area contributed by atoms with E-state index in [1.807, 2.05) is 0 Å². The summed E-state index contributed by atoms with van der Waals surface area (Å²) in [6.07, 6.45) is 0. The van der Waals surface area contributed by atoms with Gasteiger partial charge in [-0.05, 0) is 38.1 Å². The first-order chi connectivity index (χ1) is 9.86. The molecule has 0 atom stereocenters. The molecular formula is C14H19N3O4. The van der Waals surface area contributed by atoms with Gasteiger partial charge in [-0.1, -0.05) is 0 Å². The van der Waals surface area contributed by atoms with Crippen LogP contribution in [0.1, 0.15) is 20.8 Å². The Morgan fingerprint density at radius 3 is 2.29 bits per heavy atom. The standard InChI is InChI=1S/C14H19N3O4/c1-9(2)15-14(20)17-13(19)8-21-12-6-4-11(5-7-12)16-10(3)18/h4-7,9H,8H2,1-3H3,(H,16,18)(H2,15,17,19,20). The molecule has 0 spiro atoms. The lowest BCUT2D eigenvalue weighted by atomic mass is 10.3. The molecule has 0 aliphatic carbocycles. The Morgan fingerprint density at radius 1 is 1.14 bits per heavy atom. The van der Waals surface area contributed by atoms with E-state index in [0.29, 0.717) is 11.4 Å². The predicted molar refractivity (Wildman–Crippen MR) is 78.1 cm³/mol. The van der Waals surface area contributed by atoms with Gasteiger partial charge in [0.2, 0.25) is 5.91 Å². The highest BCUT2D eigenvalue weighted by atomic mass is 16.5. The van der Waals surface area contributed by atoms with Gasteiger partial charge in [0.25, 0.3) is 5.91 Å². The molecule has 3 N–H and O–H groups in total. The molecular weight excluding hydrogens is 274 g/mol. The number of hydrogen-bond donors (Lipinski definition) is 3. The SMILES string of the molecule is CC(=O)Nc1ccc(OCC(=O)NC(=O)NC(C)C)cc1. The lowest BCUT2D eigenvalue weighted by molar-refractivity contribution is -0.122. The maximum absolute atomic E-state index is 11.5. The summed E-state index contributed by atoms with van der Waals surface area (Å²) in [7, 11) is 0. The maximum atomic E-state index is 11.5. The second-order valence-electron chi connectivity index (χ2n) is 4.67. The molecule has 0 fully saturated rings. The smallest absolute Gasteiger partial charge is 0.321 e. The molecule has 1 rings (SSSR count). The Kier molecular flexibility index (Phi) is 6.19. The molecule has 0 aliphatic rings. The van der Waals surface area contributed by atoms with Crippen molar-refractivity contribution in [1.82, 2.24) is 10.6 Å². The Bertz CT molecular complexity index is 511. The van der Waals surface area contributed by atoms with E-state index in [-0.39, 0.29) is 18.6 Å². The number of rotatable bonds is 5. The van der Waals surface area contributed by atoms with Crippen LogP contribution in [0.4, 0.5) is 10.5 Å². The van der Waals surface area contributed by atoms with Crippen LogP contribution >= 0.6 is 0 Å². The van der Waals surface area contributed by atoms with Crippen LogP contribution < -0.4 is 20.7 Å². The second-order valence-corrected chi connectivity index (χ2v) is 4.67. The number of carbonyl (C=O) groups is 3. The zero-order chi connectivity index (χ0) is 15.8. The van der Waals surface area contributed by atoms with Gasteiger partial charge in [-0.15, -0.1) is 0 Å². The zero-order valence-corrected chi connectivity index (χ0v) is 12.2. The van der Waals surface area contributed by atoms with Crippen LogP contribution in [0.3, 0.4) is 0 Å². The third-order valence-corrected chi connectivity index (χ3v) is 2.22. The van der Waals surface area contributed by atoms with Crippen LogP contribution in [-0.4, -0.2) is 30.5 Å². The quantitative estimate of drug-likeness (QED) is 0.761. The molecule has 0 aromatic heterocycles. The van der Waals surface area contributed by atoms with Gasteiger partial charge in [0.1, 0.15) is 5.75 Å². The van der Waals surface area contributed by atoms with Gasteiger partial charge in [0.05, 0.1) is 0 Å². The fraction of sp³-hybridized carbons (Fsp3) is 0.357. The van der Waals surface area contributed by atoms with Crippen molar-refractivity contribution in [1.29, 1.82) is 0 Å². The van der Waals surface area contributed by atoms with Gasteiger partial charge in [-0.3, -0.25) is 14.9 Å². The number of amides is 4. The van der Waals surface area contributed by atoms with E-state index in [0.717, 1.165) is 0 Å². The highest BCUT2D eigenvalue weighted by molar-refractivity contribution is 5.95. The van der Waals surface area contributed by atoms with Crippen molar-refractivity contribution < 1.29 is 19.1 Å². The number of carbonyl (C=O) groups excluding carboxylic acids is 3. The first-order valence-corrected chi connectivity index (χ1v) is 6.47. The fourth-order valence-corrected chi connectivity index (χ4v) is 1.45. The van der Waals surface area contributed by atoms with E-state index in [4.69, 9.17) is 4.74 Å². The van der Waals surface area contributed by atoms with Crippen LogP contribution in [0.2, 0.25) is 0 Å². The van der Waals surface area contributed by atoms with Crippen molar-refractivity contribution in [3.63, 3.8) is 0 Å². The summed E-state index contributed by atoms with van der Waals surface area (Å²) < 4.78 is 5.23. The first-order valence-electron chi connectivity index (χ1n) is 6.47. The first kappa shape index (κ1) is 16.5. The second kappa shape index (κ2) is 7.88. The van der Waals surface area contributed by atoms with E-state index >= 15 is 0 Å². The minimum absolute atomic E-state index is 0.0555. The van der Waals surface area contributed by atoms with Crippen molar-refractivity contribution in [3.05, 3.63) is 24.3 Å². The van der Waals surface area contributed by atoms with Crippen molar-refractivity contribution in [3.8, 4) is 5.75 Å². The molecule has 0 heterocycles. The van der Waals surface area contributed by atoms with E-state index in [1.165, 1.54) is 6.92 Å². The molecule has 0 aliphatic heterocycles. The summed E-state index contributed by atoms with van der Waals surface area (Å²) in [5, 5.41) is 7.29. The Balaban J connectivity index is 2.39. The highest BCUT2D eigenvalue weighted by Gasteiger charge is 2.09. The van der Waals surface area contributed by atoms with Gasteiger partial charge in [0, 0.05) is 18.7 Å². The Labute approximate surface area is 123 Å². The minimum atomic E-state index is -0.556. The lowest BCUT2D eigenvalue weighted by Gasteiger charge is -2.10. The molecule has 114 valence electrons. The third-order valence-electron chi connectivity index (χ3n) is 2.22. The molecule has 1 aromatic carbocycles. The van der Waals surface area contributed by atoms with E-state index < -0.39 is 11.9 Å². The topological polar surface area (TPSA) is 96.5 Å². The molecule has 7 nitrogen and oxygen atoms in total. The minimum Gasteiger partial charge on any atom is -0.484 e. The van der Waals surface area contributed by atoms with Crippen molar-refractivity contribution >= 4 is 23.5 Å². The predicted octanol–water partition coefficient (Wildman–Crippen LogP) is 1.26. The number of benzene rings is 1. The fourth-order valence-electron chi connectivity index (χ4n) is 1.45. The number of anilines is 1. The number of imide groups is 1. The summed E-state index contributed by atoms with van der Waals surface area (Å²) in [5.74, 6) is -0.248. The molecule has 1 aromatic rings. The summed E-state index contributed by atoms with van der Waals surface area (Å²) in [6, 6.07) is 5.93. The monoisotopic (exact) mass is 293 g/mol. The van der Waals surface area contributed by atoms with Gasteiger partial charge < -0.3 is 15.4 Å². The van der Waals surface area contributed by atoms with E-state index in [1.54, 1.807) is 38.1 Å². The van der Waals surface area contributed by atoms with E-state index in [2.05, 4.69) is 16.0 Å². The van der Waals surface area contributed by atoms with Crippen molar-refractivity contribution in [2.75, 3.05) is 11.9 Å². The van der Waals surface area contributed by atoms with Gasteiger partial charge in [-0.25, -0.2) is 4.79 Å². The average molecular weight is 293 g/mol. The number of urea groups is 1. The molecule has 0 radical (unpaired) electrons. The molecule has 4 amide bonds. The van der Waals surface area contributed by atoms with Crippen LogP contribution in [0.5, 0.6) is 5.75 Å². The largest absolute Gasteiger partial charge is 0.484 e.